The predicted molar refractivity (Wildman–Crippen MR) is 115 cm³/mol. The van der Waals surface area contributed by atoms with Gasteiger partial charge in [0.2, 0.25) is 0 Å². The fourth-order valence-corrected chi connectivity index (χ4v) is 4.12. The summed E-state index contributed by atoms with van der Waals surface area (Å²) in [5.41, 5.74) is 3.33. The zero-order chi connectivity index (χ0) is 21.3. The molecule has 3 aromatic rings. The molecule has 0 amide bonds. The van der Waals surface area contributed by atoms with Gasteiger partial charge >= 0.3 is 5.97 Å². The average Bonchev–Trinajstić information content (AvgIpc) is 3.31. The van der Waals surface area contributed by atoms with E-state index < -0.39 is 6.04 Å². The molecule has 156 valence electrons. The first-order valence-corrected chi connectivity index (χ1v) is 10.2. The van der Waals surface area contributed by atoms with Crippen LogP contribution in [-0.2, 0) is 35.7 Å². The lowest BCUT2D eigenvalue weighted by Gasteiger charge is -2.34. The van der Waals surface area contributed by atoms with E-state index in [1.165, 1.54) is 12.7 Å². The van der Waals surface area contributed by atoms with Gasteiger partial charge in [-0.15, -0.1) is 11.7 Å². The highest BCUT2D eigenvalue weighted by molar-refractivity contribution is 7.71. The van der Waals surface area contributed by atoms with Gasteiger partial charge in [0.1, 0.15) is 6.04 Å². The summed E-state index contributed by atoms with van der Waals surface area (Å²) in [5, 5.41) is 4.74. The standard InChI is InChI=1S/C22H24N4O3S/c1-4-10-25-20(19-15(2)9-11-29-19)23-26(22(25)30)14-24-13-17-8-6-5-7-16(17)12-18(24)21(27)28-3/h4-9,11,18H,1,10,12-14H2,2-3H3. The van der Waals surface area contributed by atoms with Crippen LogP contribution in [0.15, 0.2) is 53.7 Å². The van der Waals surface area contributed by atoms with E-state index >= 15 is 0 Å². The Labute approximate surface area is 180 Å². The van der Waals surface area contributed by atoms with Crippen LogP contribution in [0.5, 0.6) is 0 Å². The van der Waals surface area contributed by atoms with Crippen LogP contribution in [0.25, 0.3) is 11.6 Å². The smallest absolute Gasteiger partial charge is 0.323 e. The number of benzene rings is 1. The number of ether oxygens (including phenoxy) is 1. The van der Waals surface area contributed by atoms with Crippen molar-refractivity contribution in [3.8, 4) is 11.6 Å². The molecule has 0 spiro atoms. The largest absolute Gasteiger partial charge is 0.468 e. The van der Waals surface area contributed by atoms with Gasteiger partial charge in [0.05, 0.1) is 20.0 Å². The highest BCUT2D eigenvalue weighted by atomic mass is 32.1. The number of allylic oxidation sites excluding steroid dienone is 1. The Morgan fingerprint density at radius 2 is 2.13 bits per heavy atom. The summed E-state index contributed by atoms with van der Waals surface area (Å²) in [7, 11) is 1.42. The number of nitrogens with zero attached hydrogens (tertiary/aromatic N) is 4. The highest BCUT2D eigenvalue weighted by Crippen LogP contribution is 2.27. The predicted octanol–water partition coefficient (Wildman–Crippen LogP) is 3.73. The summed E-state index contributed by atoms with van der Waals surface area (Å²) in [6.07, 6.45) is 4.01. The third kappa shape index (κ3) is 3.64. The van der Waals surface area contributed by atoms with Crippen LogP contribution in [0.3, 0.4) is 0 Å². The molecule has 1 aromatic carbocycles. The van der Waals surface area contributed by atoms with Gasteiger partial charge in [0, 0.05) is 13.1 Å². The number of methoxy groups -OCH3 is 1. The lowest BCUT2D eigenvalue weighted by Crippen LogP contribution is -2.46. The van der Waals surface area contributed by atoms with Gasteiger partial charge in [0.25, 0.3) is 0 Å². The van der Waals surface area contributed by atoms with Gasteiger partial charge in [-0.05, 0) is 48.3 Å². The molecule has 0 bridgehead atoms. The Morgan fingerprint density at radius 1 is 1.37 bits per heavy atom. The van der Waals surface area contributed by atoms with E-state index in [0.717, 1.165) is 11.1 Å². The highest BCUT2D eigenvalue weighted by Gasteiger charge is 2.33. The number of hydrogen-bond donors (Lipinski definition) is 0. The Balaban J connectivity index is 1.72. The second-order valence-corrected chi connectivity index (χ2v) is 7.70. The maximum atomic E-state index is 12.5. The van der Waals surface area contributed by atoms with Gasteiger partial charge in [-0.25, -0.2) is 4.68 Å². The molecule has 8 heteroatoms. The summed E-state index contributed by atoms with van der Waals surface area (Å²) >= 11 is 5.71. The molecular formula is C22H24N4O3S. The van der Waals surface area contributed by atoms with Crippen molar-refractivity contribution >= 4 is 18.2 Å². The first-order chi connectivity index (χ1) is 14.5. The van der Waals surface area contributed by atoms with Crippen molar-refractivity contribution in [3.05, 3.63) is 70.7 Å². The van der Waals surface area contributed by atoms with Crippen molar-refractivity contribution in [1.29, 1.82) is 0 Å². The molecule has 0 radical (unpaired) electrons. The molecular weight excluding hydrogens is 400 g/mol. The van der Waals surface area contributed by atoms with Gasteiger partial charge in [-0.3, -0.25) is 14.3 Å². The molecule has 30 heavy (non-hydrogen) atoms. The molecule has 1 unspecified atom stereocenters. The molecule has 1 atom stereocenters. The minimum atomic E-state index is -0.398. The number of esters is 1. The minimum Gasteiger partial charge on any atom is -0.468 e. The van der Waals surface area contributed by atoms with Gasteiger partial charge < -0.3 is 9.15 Å². The molecule has 7 nitrogen and oxygen atoms in total. The molecule has 0 saturated carbocycles. The van der Waals surface area contributed by atoms with Crippen LogP contribution < -0.4 is 0 Å². The lowest BCUT2D eigenvalue weighted by molar-refractivity contribution is -0.148. The van der Waals surface area contributed by atoms with E-state index in [4.69, 9.17) is 26.5 Å². The summed E-state index contributed by atoms with van der Waals surface area (Å²) in [6.45, 7) is 7.29. The van der Waals surface area contributed by atoms with Crippen molar-refractivity contribution in [1.82, 2.24) is 19.2 Å². The van der Waals surface area contributed by atoms with Crippen molar-refractivity contribution in [2.24, 2.45) is 0 Å². The summed E-state index contributed by atoms with van der Waals surface area (Å²) in [6, 6.07) is 9.65. The maximum absolute atomic E-state index is 12.5. The van der Waals surface area contributed by atoms with Crippen LogP contribution in [0.2, 0.25) is 0 Å². The number of carbonyl (C=O) groups is 1. The van der Waals surface area contributed by atoms with Crippen molar-refractivity contribution in [2.75, 3.05) is 7.11 Å². The molecule has 0 saturated heterocycles. The molecule has 0 fully saturated rings. The van der Waals surface area contributed by atoms with E-state index in [9.17, 15) is 4.79 Å². The number of rotatable bonds is 6. The third-order valence-corrected chi connectivity index (χ3v) is 5.87. The summed E-state index contributed by atoms with van der Waals surface area (Å²) in [5.74, 6) is 1.06. The minimum absolute atomic E-state index is 0.261. The topological polar surface area (TPSA) is 65.4 Å². The van der Waals surface area contributed by atoms with Crippen LogP contribution in [0.1, 0.15) is 16.7 Å². The Morgan fingerprint density at radius 3 is 2.80 bits per heavy atom. The molecule has 0 N–H and O–H groups in total. The molecule has 4 rings (SSSR count). The number of aryl methyl sites for hydroxylation is 1. The zero-order valence-electron chi connectivity index (χ0n) is 17.1. The lowest BCUT2D eigenvalue weighted by atomic mass is 9.94. The second-order valence-electron chi connectivity index (χ2n) is 7.34. The number of aromatic nitrogens is 3. The fraction of sp³-hybridized carbons (Fsp3) is 0.318. The summed E-state index contributed by atoms with van der Waals surface area (Å²) < 4.78 is 14.9. The number of hydrogen-bond acceptors (Lipinski definition) is 6. The van der Waals surface area contributed by atoms with Gasteiger partial charge in [-0.1, -0.05) is 30.3 Å². The van der Waals surface area contributed by atoms with Gasteiger partial charge in [-0.2, -0.15) is 0 Å². The Bertz CT molecular complexity index is 1140. The maximum Gasteiger partial charge on any atom is 0.323 e. The quantitative estimate of drug-likeness (QED) is 0.341. The number of furan rings is 1. The van der Waals surface area contributed by atoms with Crippen molar-refractivity contribution in [3.63, 3.8) is 0 Å². The molecule has 1 aliphatic rings. The molecule has 2 aromatic heterocycles. The number of fused-ring (bicyclic) bond motifs is 1. The van der Waals surface area contributed by atoms with Crippen molar-refractivity contribution in [2.45, 2.75) is 39.1 Å². The first kappa shape index (κ1) is 20.3. The van der Waals surface area contributed by atoms with E-state index in [1.807, 2.05) is 34.6 Å². The van der Waals surface area contributed by atoms with E-state index in [2.05, 4.69) is 18.7 Å². The van der Waals surface area contributed by atoms with Gasteiger partial charge in [0.15, 0.2) is 16.4 Å². The van der Waals surface area contributed by atoms with Crippen molar-refractivity contribution < 1.29 is 13.9 Å². The SMILES string of the molecule is C=CCn1c(-c2occc2C)nn(CN2Cc3ccccc3CC2C(=O)OC)c1=S. The molecule has 0 aliphatic carbocycles. The van der Waals surface area contributed by atoms with E-state index in [1.54, 1.807) is 17.0 Å². The Kier molecular flexibility index (Phi) is 5.69. The molecule has 1 aliphatic heterocycles. The zero-order valence-corrected chi connectivity index (χ0v) is 17.9. The third-order valence-electron chi connectivity index (χ3n) is 5.43. The van der Waals surface area contributed by atoms with Crippen LogP contribution in [0, 0.1) is 11.7 Å². The first-order valence-electron chi connectivity index (χ1n) is 9.75. The second kappa shape index (κ2) is 8.41. The fourth-order valence-electron chi connectivity index (χ4n) is 3.86. The van der Waals surface area contributed by atoms with Crippen LogP contribution in [-0.4, -0.2) is 38.4 Å². The monoisotopic (exact) mass is 424 g/mol. The normalized spacial score (nSPS) is 16.3. The van der Waals surface area contributed by atoms with Crippen LogP contribution in [0.4, 0.5) is 0 Å². The summed E-state index contributed by atoms with van der Waals surface area (Å²) in [4.78, 5) is 14.6. The average molecular weight is 425 g/mol. The van der Waals surface area contributed by atoms with Crippen LogP contribution >= 0.6 is 12.2 Å². The number of carbonyl (C=O) groups excluding carboxylic acids is 1. The Hall–Kier alpha value is -2.97. The van der Waals surface area contributed by atoms with E-state index in [0.29, 0.717) is 42.5 Å². The molecule has 3 heterocycles. The van der Waals surface area contributed by atoms with E-state index in [-0.39, 0.29) is 5.97 Å².